The van der Waals surface area contributed by atoms with E-state index in [4.69, 9.17) is 14.3 Å². The molecule has 0 aliphatic heterocycles. The maximum Gasteiger partial charge on any atom is 0.407 e. The number of carboxylic acids is 1. The molecule has 2 atom stereocenters. The molecule has 0 saturated heterocycles. The van der Waals surface area contributed by atoms with Gasteiger partial charge in [0.2, 0.25) is 11.7 Å². The first-order chi connectivity index (χ1) is 17.0. The van der Waals surface area contributed by atoms with E-state index in [0.717, 1.165) is 11.1 Å². The summed E-state index contributed by atoms with van der Waals surface area (Å²) in [6.45, 7) is 0.308. The highest BCUT2D eigenvalue weighted by Gasteiger charge is 2.30. The SMILES string of the molecule is O=C(NC1C=CC(C(=O)NCc2ccc(C(=O)O)o2)C1)OCC1c2ccccc2-c2ccccc21. The number of rotatable bonds is 7. The Bertz CT molecular complexity index is 1260. The van der Waals surface area contributed by atoms with Crippen molar-refractivity contribution in [2.45, 2.75) is 24.9 Å². The van der Waals surface area contributed by atoms with Crippen LogP contribution in [-0.2, 0) is 16.1 Å². The number of carbonyl (C=O) groups excluding carboxylic acids is 2. The number of carbonyl (C=O) groups is 3. The minimum atomic E-state index is -1.16. The second-order valence-electron chi connectivity index (χ2n) is 8.59. The molecular formula is C27H24N2O6. The first-order valence-corrected chi connectivity index (χ1v) is 11.4. The number of alkyl carbamates (subject to hydrolysis) is 1. The average Bonchev–Trinajstić information content (AvgIpc) is 3.59. The Balaban J connectivity index is 1.10. The predicted octanol–water partition coefficient (Wildman–Crippen LogP) is 4.08. The smallest absolute Gasteiger partial charge is 0.407 e. The first-order valence-electron chi connectivity index (χ1n) is 11.4. The molecule has 2 aromatic carbocycles. The zero-order chi connectivity index (χ0) is 24.4. The molecule has 0 bridgehead atoms. The van der Waals surface area contributed by atoms with E-state index in [9.17, 15) is 14.4 Å². The van der Waals surface area contributed by atoms with Crippen LogP contribution in [0.4, 0.5) is 4.79 Å². The summed E-state index contributed by atoms with van der Waals surface area (Å²) in [6.07, 6.45) is 3.41. The summed E-state index contributed by atoms with van der Waals surface area (Å²) in [4.78, 5) is 35.8. The normalized spacial score (nSPS) is 18.1. The maximum atomic E-state index is 12.5. The second kappa shape index (κ2) is 9.50. The largest absolute Gasteiger partial charge is 0.475 e. The predicted molar refractivity (Wildman–Crippen MR) is 127 cm³/mol. The number of benzene rings is 2. The molecule has 1 aromatic heterocycles. The van der Waals surface area contributed by atoms with Gasteiger partial charge in [-0.15, -0.1) is 0 Å². The van der Waals surface area contributed by atoms with E-state index in [1.54, 1.807) is 12.2 Å². The molecule has 2 aliphatic carbocycles. The molecular weight excluding hydrogens is 448 g/mol. The van der Waals surface area contributed by atoms with E-state index in [2.05, 4.69) is 34.9 Å². The fourth-order valence-corrected chi connectivity index (χ4v) is 4.69. The summed E-state index contributed by atoms with van der Waals surface area (Å²) in [5, 5.41) is 14.4. The molecule has 0 fully saturated rings. The minimum Gasteiger partial charge on any atom is -0.475 e. The fourth-order valence-electron chi connectivity index (χ4n) is 4.69. The molecule has 35 heavy (non-hydrogen) atoms. The molecule has 3 aromatic rings. The number of carboxylic acid groups (broad SMARTS) is 1. The zero-order valence-corrected chi connectivity index (χ0v) is 18.8. The van der Waals surface area contributed by atoms with Crippen molar-refractivity contribution in [2.24, 2.45) is 5.92 Å². The molecule has 0 saturated carbocycles. The monoisotopic (exact) mass is 472 g/mol. The van der Waals surface area contributed by atoms with Crippen LogP contribution >= 0.6 is 0 Å². The highest BCUT2D eigenvalue weighted by Crippen LogP contribution is 2.44. The number of ether oxygens (including phenoxy) is 1. The van der Waals surface area contributed by atoms with Crippen molar-refractivity contribution in [3.8, 4) is 11.1 Å². The van der Waals surface area contributed by atoms with Crippen molar-refractivity contribution in [3.63, 3.8) is 0 Å². The van der Waals surface area contributed by atoms with Crippen LogP contribution in [0.15, 0.2) is 77.2 Å². The van der Waals surface area contributed by atoms with Crippen LogP contribution in [0.1, 0.15) is 39.8 Å². The van der Waals surface area contributed by atoms with Crippen LogP contribution in [0.25, 0.3) is 11.1 Å². The molecule has 3 N–H and O–H groups in total. The highest BCUT2D eigenvalue weighted by atomic mass is 16.5. The van der Waals surface area contributed by atoms with Crippen LogP contribution in [0.2, 0.25) is 0 Å². The Morgan fingerprint density at radius 1 is 0.943 bits per heavy atom. The number of furan rings is 1. The van der Waals surface area contributed by atoms with Crippen LogP contribution in [0.3, 0.4) is 0 Å². The molecule has 1 heterocycles. The molecule has 5 rings (SSSR count). The molecule has 2 unspecified atom stereocenters. The van der Waals surface area contributed by atoms with Gasteiger partial charge in [-0.3, -0.25) is 4.79 Å². The third-order valence-corrected chi connectivity index (χ3v) is 6.38. The van der Waals surface area contributed by atoms with Gasteiger partial charge >= 0.3 is 12.1 Å². The lowest BCUT2D eigenvalue weighted by atomic mass is 9.98. The van der Waals surface area contributed by atoms with Crippen LogP contribution in [0, 0.1) is 5.92 Å². The maximum absolute atomic E-state index is 12.5. The van der Waals surface area contributed by atoms with Gasteiger partial charge < -0.3 is 24.9 Å². The van der Waals surface area contributed by atoms with Crippen LogP contribution < -0.4 is 10.6 Å². The fraction of sp³-hybridized carbons (Fsp3) is 0.222. The van der Waals surface area contributed by atoms with Gasteiger partial charge in [-0.05, 0) is 40.8 Å². The van der Waals surface area contributed by atoms with E-state index in [0.29, 0.717) is 12.2 Å². The molecule has 2 amide bonds. The quantitative estimate of drug-likeness (QED) is 0.446. The lowest BCUT2D eigenvalue weighted by Gasteiger charge is -2.17. The second-order valence-corrected chi connectivity index (χ2v) is 8.59. The Labute approximate surface area is 201 Å². The van der Waals surface area contributed by atoms with Crippen molar-refractivity contribution >= 4 is 18.0 Å². The van der Waals surface area contributed by atoms with Gasteiger partial charge in [-0.2, -0.15) is 0 Å². The van der Waals surface area contributed by atoms with Crippen molar-refractivity contribution in [1.29, 1.82) is 0 Å². The van der Waals surface area contributed by atoms with E-state index in [1.165, 1.54) is 23.3 Å². The zero-order valence-electron chi connectivity index (χ0n) is 18.8. The van der Waals surface area contributed by atoms with E-state index >= 15 is 0 Å². The summed E-state index contributed by atoms with van der Waals surface area (Å²) in [6, 6.07) is 18.8. The summed E-state index contributed by atoms with van der Waals surface area (Å²) in [5.41, 5.74) is 4.62. The lowest BCUT2D eigenvalue weighted by molar-refractivity contribution is -0.123. The standard InChI is InChI=1S/C27H24N2O6/c30-25(28-14-18-11-12-24(35-18)26(31)32)16-9-10-17(13-16)29-27(33)34-15-23-21-7-3-1-5-19(21)20-6-2-4-8-22(20)23/h1-12,16-17,23H,13-15H2,(H,28,30)(H,29,33)(H,31,32). The highest BCUT2D eigenvalue weighted by molar-refractivity contribution is 5.84. The molecule has 2 aliphatic rings. The topological polar surface area (TPSA) is 118 Å². The Kier molecular flexibility index (Phi) is 6.10. The van der Waals surface area contributed by atoms with Gasteiger partial charge in [0.15, 0.2) is 0 Å². The number of hydrogen-bond acceptors (Lipinski definition) is 5. The number of amides is 2. The van der Waals surface area contributed by atoms with E-state index in [-0.39, 0.29) is 36.8 Å². The summed E-state index contributed by atoms with van der Waals surface area (Å²) in [7, 11) is 0. The van der Waals surface area contributed by atoms with Crippen molar-refractivity contribution in [1.82, 2.24) is 10.6 Å². The lowest BCUT2D eigenvalue weighted by Crippen LogP contribution is -2.36. The van der Waals surface area contributed by atoms with Gasteiger partial charge in [0.1, 0.15) is 12.4 Å². The number of fused-ring (bicyclic) bond motifs is 3. The van der Waals surface area contributed by atoms with E-state index < -0.39 is 18.0 Å². The molecule has 8 heteroatoms. The number of nitrogens with one attached hydrogen (secondary N) is 2. The van der Waals surface area contributed by atoms with Crippen LogP contribution in [-0.4, -0.2) is 35.7 Å². The summed E-state index contributed by atoms with van der Waals surface area (Å²) < 4.78 is 10.7. The third kappa shape index (κ3) is 4.68. The minimum absolute atomic E-state index is 0.0194. The summed E-state index contributed by atoms with van der Waals surface area (Å²) in [5.74, 6) is -1.65. The average molecular weight is 472 g/mol. The van der Waals surface area contributed by atoms with Crippen LogP contribution in [0.5, 0.6) is 0 Å². The number of hydrogen-bond donors (Lipinski definition) is 3. The Morgan fingerprint density at radius 2 is 1.63 bits per heavy atom. The van der Waals surface area contributed by atoms with E-state index in [1.807, 2.05) is 24.3 Å². The van der Waals surface area contributed by atoms with Gasteiger partial charge in [0.05, 0.1) is 18.5 Å². The van der Waals surface area contributed by atoms with Crippen molar-refractivity contribution in [2.75, 3.05) is 6.61 Å². The van der Waals surface area contributed by atoms with Crippen molar-refractivity contribution in [3.05, 3.63) is 95.5 Å². The van der Waals surface area contributed by atoms with Gasteiger partial charge in [-0.25, -0.2) is 9.59 Å². The number of aromatic carboxylic acids is 1. The molecule has 8 nitrogen and oxygen atoms in total. The first kappa shape index (κ1) is 22.5. The van der Waals surface area contributed by atoms with Gasteiger partial charge in [0.25, 0.3) is 0 Å². The third-order valence-electron chi connectivity index (χ3n) is 6.38. The van der Waals surface area contributed by atoms with Crippen molar-refractivity contribution < 1.29 is 28.6 Å². The Morgan fingerprint density at radius 3 is 2.29 bits per heavy atom. The molecule has 0 radical (unpaired) electrons. The van der Waals surface area contributed by atoms with Gasteiger partial charge in [-0.1, -0.05) is 60.7 Å². The molecule has 0 spiro atoms. The molecule has 178 valence electrons. The summed E-state index contributed by atoms with van der Waals surface area (Å²) >= 11 is 0. The Hall–Kier alpha value is -4.33. The van der Waals surface area contributed by atoms with Gasteiger partial charge in [0, 0.05) is 5.92 Å².